The molecular weight excluding hydrogens is 295 g/mol. The summed E-state index contributed by atoms with van der Waals surface area (Å²) in [5.74, 6) is 1.44. The lowest BCUT2D eigenvalue weighted by atomic mass is 10.2. The summed E-state index contributed by atoms with van der Waals surface area (Å²) in [6, 6.07) is 5.00. The van der Waals surface area contributed by atoms with Gasteiger partial charge in [-0.15, -0.1) is 11.3 Å². The van der Waals surface area contributed by atoms with Crippen LogP contribution in [0.1, 0.15) is 16.6 Å². The third-order valence-electron chi connectivity index (χ3n) is 3.52. The van der Waals surface area contributed by atoms with E-state index in [1.54, 1.807) is 12.1 Å². The number of anilines is 1. The molecule has 1 amide bonds. The number of hydrogen-bond acceptors (Lipinski definition) is 4. The Morgan fingerprint density at radius 2 is 2.30 bits per heavy atom. The van der Waals surface area contributed by atoms with Crippen LogP contribution in [0.25, 0.3) is 10.1 Å². The van der Waals surface area contributed by atoms with Gasteiger partial charge < -0.3 is 10.6 Å². The molecule has 106 valence electrons. The van der Waals surface area contributed by atoms with Crippen molar-refractivity contribution in [2.24, 2.45) is 0 Å². The average molecular weight is 310 g/mol. The standard InChI is InChI=1S/C14H15FN2OS2/c1-8-7-19-6-5-17(8)14(18)13-12(16)11-9(15)3-2-4-10(11)20-13/h2-4,8H,5-7,16H2,1H3. The molecule has 1 atom stereocenters. The van der Waals surface area contributed by atoms with Crippen molar-refractivity contribution in [2.45, 2.75) is 13.0 Å². The third kappa shape index (κ3) is 2.16. The molecule has 0 radical (unpaired) electrons. The highest BCUT2D eigenvalue weighted by molar-refractivity contribution is 7.99. The monoisotopic (exact) mass is 310 g/mol. The number of amides is 1. The minimum absolute atomic E-state index is 0.0732. The van der Waals surface area contributed by atoms with Gasteiger partial charge in [0.05, 0.1) is 11.1 Å². The largest absolute Gasteiger partial charge is 0.397 e. The molecular formula is C14H15FN2OS2. The number of thiophene rings is 1. The molecule has 20 heavy (non-hydrogen) atoms. The van der Waals surface area contributed by atoms with Crippen LogP contribution >= 0.6 is 23.1 Å². The van der Waals surface area contributed by atoms with E-state index in [2.05, 4.69) is 0 Å². The summed E-state index contributed by atoms with van der Waals surface area (Å²) in [6.45, 7) is 2.76. The molecule has 2 aromatic rings. The number of benzene rings is 1. The number of halogens is 1. The van der Waals surface area contributed by atoms with Crippen LogP contribution < -0.4 is 5.73 Å². The van der Waals surface area contributed by atoms with E-state index in [0.717, 1.165) is 22.8 Å². The number of rotatable bonds is 1. The fourth-order valence-electron chi connectivity index (χ4n) is 2.45. The van der Waals surface area contributed by atoms with E-state index >= 15 is 0 Å². The SMILES string of the molecule is CC1CSCCN1C(=O)c1sc2cccc(F)c2c1N. The predicted molar refractivity (Wildman–Crippen MR) is 84.0 cm³/mol. The Morgan fingerprint density at radius 1 is 1.50 bits per heavy atom. The van der Waals surface area contributed by atoms with Gasteiger partial charge in [-0.25, -0.2) is 4.39 Å². The Hall–Kier alpha value is -1.27. The minimum Gasteiger partial charge on any atom is -0.397 e. The fraction of sp³-hybridized carbons (Fsp3) is 0.357. The summed E-state index contributed by atoms with van der Waals surface area (Å²) >= 11 is 3.13. The Bertz CT molecular complexity index is 670. The van der Waals surface area contributed by atoms with Crippen LogP contribution in [-0.4, -0.2) is 34.9 Å². The third-order valence-corrected chi connectivity index (χ3v) is 5.87. The van der Waals surface area contributed by atoms with Crippen molar-refractivity contribution in [2.75, 3.05) is 23.8 Å². The zero-order valence-electron chi connectivity index (χ0n) is 11.1. The molecule has 0 saturated carbocycles. The summed E-state index contributed by atoms with van der Waals surface area (Å²) in [4.78, 5) is 14.9. The van der Waals surface area contributed by atoms with Gasteiger partial charge in [0.2, 0.25) is 0 Å². The summed E-state index contributed by atoms with van der Waals surface area (Å²) in [5, 5.41) is 0.375. The molecule has 1 fully saturated rings. The van der Waals surface area contributed by atoms with Crippen molar-refractivity contribution in [3.63, 3.8) is 0 Å². The van der Waals surface area contributed by atoms with E-state index in [9.17, 15) is 9.18 Å². The van der Waals surface area contributed by atoms with E-state index in [1.807, 2.05) is 23.6 Å². The highest BCUT2D eigenvalue weighted by Gasteiger charge is 2.28. The van der Waals surface area contributed by atoms with Gasteiger partial charge in [-0.2, -0.15) is 11.8 Å². The second-order valence-corrected chi connectivity index (χ2v) is 7.08. The number of nitrogen functional groups attached to an aromatic ring is 1. The van der Waals surface area contributed by atoms with Crippen molar-refractivity contribution in [1.29, 1.82) is 0 Å². The normalized spacial score (nSPS) is 19.5. The van der Waals surface area contributed by atoms with Crippen LogP contribution in [0.2, 0.25) is 0 Å². The lowest BCUT2D eigenvalue weighted by Crippen LogP contribution is -2.44. The van der Waals surface area contributed by atoms with Crippen LogP contribution in [-0.2, 0) is 0 Å². The second-order valence-electron chi connectivity index (χ2n) is 4.88. The van der Waals surface area contributed by atoms with Gasteiger partial charge in [-0.3, -0.25) is 4.79 Å². The van der Waals surface area contributed by atoms with Crippen molar-refractivity contribution < 1.29 is 9.18 Å². The van der Waals surface area contributed by atoms with Gasteiger partial charge in [0, 0.05) is 28.8 Å². The second kappa shape index (κ2) is 5.26. The predicted octanol–water partition coefficient (Wildman–Crippen LogP) is 3.20. The Balaban J connectivity index is 2.03. The Labute approximate surface area is 124 Å². The molecule has 6 heteroatoms. The number of thioether (sulfide) groups is 1. The van der Waals surface area contributed by atoms with E-state index in [0.29, 0.717) is 10.3 Å². The van der Waals surface area contributed by atoms with Crippen molar-refractivity contribution >= 4 is 44.8 Å². The Kier molecular flexibility index (Phi) is 3.60. The summed E-state index contributed by atoms with van der Waals surface area (Å²) < 4.78 is 14.6. The molecule has 1 aliphatic rings. The first-order valence-electron chi connectivity index (χ1n) is 6.45. The number of carbonyl (C=O) groups excluding carboxylic acids is 1. The van der Waals surface area contributed by atoms with Crippen LogP contribution in [0.15, 0.2) is 18.2 Å². The quantitative estimate of drug-likeness (QED) is 0.880. The lowest BCUT2D eigenvalue weighted by molar-refractivity contribution is 0.0722. The number of nitrogens with zero attached hydrogens (tertiary/aromatic N) is 1. The Morgan fingerprint density at radius 3 is 3.00 bits per heavy atom. The number of fused-ring (bicyclic) bond motifs is 1. The fourth-order valence-corrected chi connectivity index (χ4v) is 4.55. The topological polar surface area (TPSA) is 46.3 Å². The number of carbonyl (C=O) groups is 1. The molecule has 3 rings (SSSR count). The van der Waals surface area contributed by atoms with Gasteiger partial charge in [-0.05, 0) is 19.1 Å². The average Bonchev–Trinajstić information content (AvgIpc) is 2.77. The first-order chi connectivity index (χ1) is 9.59. The zero-order chi connectivity index (χ0) is 14.3. The summed E-state index contributed by atoms with van der Waals surface area (Å²) in [6.07, 6.45) is 0. The molecule has 0 spiro atoms. The van der Waals surface area contributed by atoms with E-state index in [-0.39, 0.29) is 23.5 Å². The molecule has 1 aromatic carbocycles. The molecule has 1 aliphatic heterocycles. The highest BCUT2D eigenvalue weighted by atomic mass is 32.2. The minimum atomic E-state index is -0.363. The van der Waals surface area contributed by atoms with Crippen LogP contribution in [0.3, 0.4) is 0 Å². The molecule has 0 bridgehead atoms. The van der Waals surface area contributed by atoms with E-state index in [1.165, 1.54) is 17.4 Å². The maximum Gasteiger partial charge on any atom is 0.266 e. The van der Waals surface area contributed by atoms with Gasteiger partial charge >= 0.3 is 0 Å². The molecule has 1 aromatic heterocycles. The molecule has 0 aliphatic carbocycles. The van der Waals surface area contributed by atoms with Gasteiger partial charge in [-0.1, -0.05) is 6.07 Å². The van der Waals surface area contributed by atoms with Crippen LogP contribution in [0.5, 0.6) is 0 Å². The van der Waals surface area contributed by atoms with Crippen LogP contribution in [0.4, 0.5) is 10.1 Å². The molecule has 1 unspecified atom stereocenters. The van der Waals surface area contributed by atoms with Gasteiger partial charge in [0.1, 0.15) is 10.7 Å². The zero-order valence-corrected chi connectivity index (χ0v) is 12.7. The number of nitrogens with two attached hydrogens (primary N) is 1. The first kappa shape index (κ1) is 13.7. The highest BCUT2D eigenvalue weighted by Crippen LogP contribution is 2.36. The van der Waals surface area contributed by atoms with Crippen molar-refractivity contribution in [1.82, 2.24) is 4.90 Å². The maximum atomic E-state index is 13.8. The van der Waals surface area contributed by atoms with E-state index < -0.39 is 0 Å². The van der Waals surface area contributed by atoms with E-state index in [4.69, 9.17) is 5.73 Å². The first-order valence-corrected chi connectivity index (χ1v) is 8.42. The van der Waals surface area contributed by atoms with Crippen molar-refractivity contribution in [3.8, 4) is 0 Å². The van der Waals surface area contributed by atoms with Crippen molar-refractivity contribution in [3.05, 3.63) is 28.9 Å². The molecule has 2 heterocycles. The van der Waals surface area contributed by atoms with Gasteiger partial charge in [0.15, 0.2) is 0 Å². The lowest BCUT2D eigenvalue weighted by Gasteiger charge is -2.32. The smallest absolute Gasteiger partial charge is 0.266 e. The maximum absolute atomic E-state index is 13.8. The molecule has 1 saturated heterocycles. The number of hydrogen-bond donors (Lipinski definition) is 1. The van der Waals surface area contributed by atoms with Gasteiger partial charge in [0.25, 0.3) is 5.91 Å². The molecule has 2 N–H and O–H groups in total. The van der Waals surface area contributed by atoms with Crippen LogP contribution in [0, 0.1) is 5.82 Å². The molecule has 3 nitrogen and oxygen atoms in total. The summed E-state index contributed by atoms with van der Waals surface area (Å²) in [7, 11) is 0. The summed E-state index contributed by atoms with van der Waals surface area (Å²) in [5.41, 5.74) is 6.29.